The molecule has 1 aromatic heterocycles. The number of imidazole rings is 1. The van der Waals surface area contributed by atoms with E-state index in [-0.39, 0.29) is 18.0 Å². The molecular formula is C12H15BrF3N3O. The molecule has 0 saturated heterocycles. The number of hydrogen-bond acceptors (Lipinski definition) is 3. The molecule has 1 aromatic rings. The van der Waals surface area contributed by atoms with Gasteiger partial charge in [-0.25, -0.2) is 4.98 Å². The molecule has 0 aliphatic carbocycles. The first kappa shape index (κ1) is 16.7. The molecule has 1 unspecified atom stereocenters. The summed E-state index contributed by atoms with van der Waals surface area (Å²) in [5.41, 5.74) is -0.202. The number of aliphatic hydroxyl groups is 1. The standard InChI is InChI=1S/C12H15BrF3N3O/c1-3-7(10(17-2)12(14,15)16)4-9(20)11-18-6-8(5-13)19-11/h4,6-7,20H,3,5H2,1-2H3,(H,18,19)/b9-4+,17-10+. The van der Waals surface area contributed by atoms with Gasteiger partial charge in [0.2, 0.25) is 0 Å². The molecule has 112 valence electrons. The zero-order valence-electron chi connectivity index (χ0n) is 11.0. The van der Waals surface area contributed by atoms with E-state index >= 15 is 0 Å². The summed E-state index contributed by atoms with van der Waals surface area (Å²) in [6.45, 7) is 1.59. The molecule has 1 rings (SSSR count). The highest BCUT2D eigenvalue weighted by Gasteiger charge is 2.39. The Morgan fingerprint density at radius 3 is 2.65 bits per heavy atom. The van der Waals surface area contributed by atoms with Gasteiger partial charge in [-0.15, -0.1) is 0 Å². The van der Waals surface area contributed by atoms with Gasteiger partial charge in [0.15, 0.2) is 11.6 Å². The van der Waals surface area contributed by atoms with Gasteiger partial charge in [0.25, 0.3) is 0 Å². The monoisotopic (exact) mass is 353 g/mol. The zero-order chi connectivity index (χ0) is 15.3. The summed E-state index contributed by atoms with van der Waals surface area (Å²) < 4.78 is 38.4. The van der Waals surface area contributed by atoms with Gasteiger partial charge in [0.1, 0.15) is 5.71 Å². The maximum atomic E-state index is 12.8. The molecule has 0 bridgehead atoms. The van der Waals surface area contributed by atoms with E-state index in [1.807, 2.05) is 0 Å². The van der Waals surface area contributed by atoms with Crippen LogP contribution in [0.25, 0.3) is 5.76 Å². The molecule has 4 nitrogen and oxygen atoms in total. The first-order valence-corrected chi connectivity index (χ1v) is 7.00. The molecule has 1 heterocycles. The van der Waals surface area contributed by atoms with Crippen LogP contribution >= 0.6 is 15.9 Å². The molecule has 20 heavy (non-hydrogen) atoms. The average Bonchev–Trinajstić information content (AvgIpc) is 2.85. The third-order valence-corrected chi connectivity index (χ3v) is 3.30. The first-order valence-electron chi connectivity index (χ1n) is 5.88. The van der Waals surface area contributed by atoms with Crippen molar-refractivity contribution >= 4 is 27.4 Å². The fraction of sp³-hybridized carbons (Fsp3) is 0.500. The fourth-order valence-electron chi connectivity index (χ4n) is 1.72. The molecule has 0 aromatic carbocycles. The van der Waals surface area contributed by atoms with Gasteiger partial charge < -0.3 is 10.1 Å². The maximum absolute atomic E-state index is 12.8. The second kappa shape index (κ2) is 6.92. The summed E-state index contributed by atoms with van der Waals surface area (Å²) >= 11 is 3.20. The van der Waals surface area contributed by atoms with Crippen molar-refractivity contribution in [3.05, 3.63) is 23.8 Å². The maximum Gasteiger partial charge on any atom is 0.429 e. The third kappa shape index (κ3) is 4.09. The Labute approximate surface area is 123 Å². The number of allylic oxidation sites excluding steroid dienone is 1. The Kier molecular flexibility index (Phi) is 5.79. The molecule has 0 fully saturated rings. The van der Waals surface area contributed by atoms with E-state index in [2.05, 4.69) is 30.9 Å². The molecule has 0 amide bonds. The summed E-state index contributed by atoms with van der Waals surface area (Å²) in [6, 6.07) is 0. The largest absolute Gasteiger partial charge is 0.504 e. The van der Waals surface area contributed by atoms with Gasteiger partial charge in [-0.1, -0.05) is 22.9 Å². The van der Waals surface area contributed by atoms with Crippen LogP contribution in [0.1, 0.15) is 24.9 Å². The number of rotatable bonds is 5. The zero-order valence-corrected chi connectivity index (χ0v) is 12.6. The Morgan fingerprint density at radius 1 is 1.60 bits per heavy atom. The molecule has 0 aliphatic rings. The number of aliphatic imine (C=N–C) groups is 1. The minimum Gasteiger partial charge on any atom is -0.504 e. The predicted molar refractivity (Wildman–Crippen MR) is 75.0 cm³/mol. The van der Waals surface area contributed by atoms with Crippen LogP contribution in [-0.2, 0) is 5.33 Å². The van der Waals surface area contributed by atoms with Crippen molar-refractivity contribution in [3.8, 4) is 0 Å². The number of aromatic nitrogens is 2. The Morgan fingerprint density at radius 2 is 2.25 bits per heavy atom. The lowest BCUT2D eigenvalue weighted by molar-refractivity contribution is -0.0622. The quantitative estimate of drug-likeness (QED) is 0.479. The summed E-state index contributed by atoms with van der Waals surface area (Å²) in [5, 5.41) is 10.4. The van der Waals surface area contributed by atoms with Crippen LogP contribution < -0.4 is 0 Å². The van der Waals surface area contributed by atoms with Gasteiger partial charge >= 0.3 is 6.18 Å². The van der Waals surface area contributed by atoms with Crippen molar-refractivity contribution in [3.63, 3.8) is 0 Å². The second-order valence-electron chi connectivity index (χ2n) is 4.06. The van der Waals surface area contributed by atoms with Gasteiger partial charge in [-0.05, 0) is 12.5 Å². The van der Waals surface area contributed by atoms with Gasteiger partial charge in [-0.2, -0.15) is 13.2 Å². The van der Waals surface area contributed by atoms with Gasteiger partial charge in [0, 0.05) is 30.2 Å². The number of hydrogen-bond donors (Lipinski definition) is 2. The molecule has 1 atom stereocenters. The highest BCUT2D eigenvalue weighted by Crippen LogP contribution is 2.26. The van der Waals surface area contributed by atoms with Crippen molar-refractivity contribution < 1.29 is 18.3 Å². The van der Waals surface area contributed by atoms with Gasteiger partial charge in [0.05, 0.1) is 0 Å². The van der Waals surface area contributed by atoms with Crippen LogP contribution in [0.2, 0.25) is 0 Å². The molecule has 2 N–H and O–H groups in total. The Hall–Kier alpha value is -1.31. The number of halogens is 4. The van der Waals surface area contributed by atoms with E-state index in [9.17, 15) is 18.3 Å². The number of alkyl halides is 4. The highest BCUT2D eigenvalue weighted by atomic mass is 79.9. The number of aliphatic hydroxyl groups excluding tert-OH is 1. The Bertz CT molecular complexity index is 508. The smallest absolute Gasteiger partial charge is 0.429 e. The molecular weight excluding hydrogens is 339 g/mol. The van der Waals surface area contributed by atoms with Crippen LogP contribution in [0, 0.1) is 5.92 Å². The van der Waals surface area contributed by atoms with Crippen LogP contribution in [0.4, 0.5) is 13.2 Å². The lowest BCUT2D eigenvalue weighted by atomic mass is 9.98. The summed E-state index contributed by atoms with van der Waals surface area (Å²) in [5.74, 6) is -1.21. The van der Waals surface area contributed by atoms with Crippen molar-refractivity contribution in [1.82, 2.24) is 9.97 Å². The number of aromatic amines is 1. The average molecular weight is 354 g/mol. The van der Waals surface area contributed by atoms with Crippen molar-refractivity contribution in [2.24, 2.45) is 10.9 Å². The minimum atomic E-state index is -4.52. The van der Waals surface area contributed by atoms with Gasteiger partial charge in [-0.3, -0.25) is 4.99 Å². The molecule has 8 heteroatoms. The molecule has 0 saturated carbocycles. The summed E-state index contributed by atoms with van der Waals surface area (Å²) in [7, 11) is 1.09. The lowest BCUT2D eigenvalue weighted by Crippen LogP contribution is -2.29. The van der Waals surface area contributed by atoms with E-state index in [0.29, 0.717) is 11.0 Å². The lowest BCUT2D eigenvalue weighted by Gasteiger charge is -2.16. The third-order valence-electron chi connectivity index (χ3n) is 2.70. The van der Waals surface area contributed by atoms with E-state index in [4.69, 9.17) is 0 Å². The SMILES string of the molecule is CCC(/C=C(/O)c1ncc(CBr)[nH]1)/C(=N\C)C(F)(F)F. The molecule has 0 aliphatic heterocycles. The van der Waals surface area contributed by atoms with E-state index in [0.717, 1.165) is 13.1 Å². The van der Waals surface area contributed by atoms with Crippen LogP contribution in [0.5, 0.6) is 0 Å². The summed E-state index contributed by atoms with van der Waals surface area (Å²) in [6.07, 6.45) is -1.74. The van der Waals surface area contributed by atoms with Crippen LogP contribution in [0.15, 0.2) is 17.3 Å². The predicted octanol–water partition coefficient (Wildman–Crippen LogP) is 3.86. The number of nitrogens with zero attached hydrogens (tertiary/aromatic N) is 2. The number of H-pyrrole nitrogens is 1. The Balaban J connectivity index is 3.04. The number of nitrogens with one attached hydrogen (secondary N) is 1. The highest BCUT2D eigenvalue weighted by molar-refractivity contribution is 9.08. The van der Waals surface area contributed by atoms with E-state index < -0.39 is 17.8 Å². The van der Waals surface area contributed by atoms with Crippen LogP contribution in [-0.4, -0.2) is 34.0 Å². The minimum absolute atomic E-state index is 0.135. The van der Waals surface area contributed by atoms with Crippen molar-refractivity contribution in [1.29, 1.82) is 0 Å². The molecule has 0 spiro atoms. The van der Waals surface area contributed by atoms with E-state index in [1.165, 1.54) is 6.20 Å². The van der Waals surface area contributed by atoms with E-state index in [1.54, 1.807) is 6.92 Å². The normalized spacial score (nSPS) is 15.5. The van der Waals surface area contributed by atoms with Crippen molar-refractivity contribution in [2.75, 3.05) is 7.05 Å². The second-order valence-corrected chi connectivity index (χ2v) is 4.62. The van der Waals surface area contributed by atoms with Crippen LogP contribution in [0.3, 0.4) is 0 Å². The topological polar surface area (TPSA) is 61.3 Å². The fourth-order valence-corrected chi connectivity index (χ4v) is 2.00. The molecule has 0 radical (unpaired) electrons. The summed E-state index contributed by atoms with van der Waals surface area (Å²) in [4.78, 5) is 9.98. The first-order chi connectivity index (χ1) is 9.33. The van der Waals surface area contributed by atoms with Crippen molar-refractivity contribution in [2.45, 2.75) is 24.9 Å².